The van der Waals surface area contributed by atoms with E-state index in [9.17, 15) is 18.0 Å². The third-order valence-electron chi connectivity index (χ3n) is 5.12. The monoisotopic (exact) mass is 541 g/mol. The van der Waals surface area contributed by atoms with Crippen molar-refractivity contribution in [1.82, 2.24) is 5.43 Å². The Morgan fingerprint density at radius 1 is 0.921 bits per heavy atom. The van der Waals surface area contributed by atoms with Crippen molar-refractivity contribution >= 4 is 33.8 Å². The highest BCUT2D eigenvalue weighted by Gasteiger charge is 2.28. The van der Waals surface area contributed by atoms with Crippen molar-refractivity contribution in [2.75, 3.05) is 38.8 Å². The fourth-order valence-corrected chi connectivity index (χ4v) is 4.68. The normalized spacial score (nSPS) is 11.0. The second kappa shape index (κ2) is 13.1. The van der Waals surface area contributed by atoms with Gasteiger partial charge >= 0.3 is 5.97 Å². The van der Waals surface area contributed by atoms with Crippen LogP contribution in [0.1, 0.15) is 5.56 Å². The van der Waals surface area contributed by atoms with E-state index in [4.69, 9.17) is 14.2 Å². The zero-order valence-corrected chi connectivity index (χ0v) is 21.8. The first-order valence-corrected chi connectivity index (χ1v) is 12.6. The molecule has 3 rings (SSSR count). The average molecular weight is 542 g/mol. The van der Waals surface area contributed by atoms with Gasteiger partial charge in [-0.25, -0.2) is 18.6 Å². The fraction of sp³-hybridized carbons (Fsp3) is 0.192. The third kappa shape index (κ3) is 7.23. The predicted octanol–water partition coefficient (Wildman–Crippen LogP) is 2.60. The zero-order valence-electron chi connectivity index (χ0n) is 21.0. The second-order valence-electron chi connectivity index (χ2n) is 7.59. The van der Waals surface area contributed by atoms with E-state index in [1.807, 2.05) is 0 Å². The van der Waals surface area contributed by atoms with Gasteiger partial charge in [-0.1, -0.05) is 30.3 Å². The maximum atomic E-state index is 13.6. The van der Waals surface area contributed by atoms with Crippen molar-refractivity contribution < 1.29 is 37.0 Å². The van der Waals surface area contributed by atoms with Gasteiger partial charge in [0.15, 0.2) is 18.1 Å². The molecule has 11 nitrogen and oxygen atoms in total. The van der Waals surface area contributed by atoms with Crippen molar-refractivity contribution in [3.8, 4) is 17.2 Å². The molecule has 0 aromatic heterocycles. The molecule has 0 radical (unpaired) electrons. The van der Waals surface area contributed by atoms with Crippen LogP contribution in [0.5, 0.6) is 17.2 Å². The number of hydrogen-bond acceptors (Lipinski definition) is 9. The van der Waals surface area contributed by atoms with Gasteiger partial charge in [0, 0.05) is 6.07 Å². The van der Waals surface area contributed by atoms with Crippen LogP contribution in [0.4, 0.5) is 5.69 Å². The molecular formula is C26H27N3O8S. The number of benzene rings is 3. The first kappa shape index (κ1) is 28.0. The first-order chi connectivity index (χ1) is 18.3. The van der Waals surface area contributed by atoms with Crippen molar-refractivity contribution in [3.63, 3.8) is 0 Å². The molecule has 0 spiro atoms. The highest BCUT2D eigenvalue weighted by atomic mass is 32.2. The zero-order chi connectivity index (χ0) is 27.5. The largest absolute Gasteiger partial charge is 0.493 e. The summed E-state index contributed by atoms with van der Waals surface area (Å²) in [5.74, 6) is -0.200. The number of methoxy groups -OCH3 is 3. The number of hydrogen-bond donors (Lipinski definition) is 1. The average Bonchev–Trinajstić information content (AvgIpc) is 2.94. The van der Waals surface area contributed by atoms with Gasteiger partial charge in [-0.3, -0.25) is 9.10 Å². The molecule has 1 N–H and O–H groups in total. The van der Waals surface area contributed by atoms with E-state index in [0.717, 1.165) is 4.31 Å². The molecule has 0 heterocycles. The summed E-state index contributed by atoms with van der Waals surface area (Å²) in [6.07, 6.45) is 1.36. The molecule has 1 amide bonds. The molecule has 0 bridgehead atoms. The lowest BCUT2D eigenvalue weighted by atomic mass is 10.2. The van der Waals surface area contributed by atoms with E-state index in [1.165, 1.54) is 45.7 Å². The molecule has 0 fully saturated rings. The predicted molar refractivity (Wildman–Crippen MR) is 140 cm³/mol. The topological polar surface area (TPSA) is 133 Å². The molecule has 0 aliphatic carbocycles. The molecule has 38 heavy (non-hydrogen) atoms. The lowest BCUT2D eigenvalue weighted by Crippen LogP contribution is -2.39. The number of amides is 1. The van der Waals surface area contributed by atoms with Gasteiger partial charge in [0.25, 0.3) is 15.9 Å². The standard InChI is InChI=1S/C26H27N3O8S/c1-34-23-13-12-22(15-24(23)35-2)38(32,33)29(20-9-5-4-6-10-20)17-25(30)28-27-16-19-8-7-11-21(14-19)37-18-26(31)36-3/h4-16H,17-18H2,1-3H3,(H,28,30)/b27-16-. The molecule has 0 unspecified atom stereocenters. The maximum Gasteiger partial charge on any atom is 0.343 e. The van der Waals surface area contributed by atoms with Crippen molar-refractivity contribution in [2.24, 2.45) is 5.10 Å². The van der Waals surface area contributed by atoms with E-state index in [2.05, 4.69) is 15.3 Å². The Balaban J connectivity index is 1.77. The first-order valence-electron chi connectivity index (χ1n) is 11.2. The summed E-state index contributed by atoms with van der Waals surface area (Å²) in [5, 5.41) is 3.92. The minimum Gasteiger partial charge on any atom is -0.493 e. The Morgan fingerprint density at radius 2 is 1.66 bits per heavy atom. The Morgan fingerprint density at radius 3 is 2.34 bits per heavy atom. The number of anilines is 1. The van der Waals surface area contributed by atoms with Gasteiger partial charge in [0.2, 0.25) is 0 Å². The van der Waals surface area contributed by atoms with E-state index in [1.54, 1.807) is 54.6 Å². The molecule has 3 aromatic rings. The summed E-state index contributed by atoms with van der Waals surface area (Å²) in [4.78, 5) is 23.9. The number of nitrogens with zero attached hydrogens (tertiary/aromatic N) is 2. The van der Waals surface area contributed by atoms with Crippen molar-refractivity contribution in [1.29, 1.82) is 0 Å². The van der Waals surface area contributed by atoms with Gasteiger partial charge < -0.3 is 18.9 Å². The Bertz CT molecular complexity index is 1390. The van der Waals surface area contributed by atoms with Crippen LogP contribution in [0.15, 0.2) is 82.8 Å². The number of carbonyl (C=O) groups excluding carboxylic acids is 2. The number of nitrogens with one attached hydrogen (secondary N) is 1. The number of rotatable bonds is 12. The van der Waals surface area contributed by atoms with Crippen LogP contribution >= 0.6 is 0 Å². The van der Waals surface area contributed by atoms with Gasteiger partial charge in [-0.15, -0.1) is 0 Å². The van der Waals surface area contributed by atoms with E-state index in [0.29, 0.717) is 17.1 Å². The quantitative estimate of drug-likeness (QED) is 0.210. The third-order valence-corrected chi connectivity index (χ3v) is 6.89. The molecule has 3 aromatic carbocycles. The molecular weight excluding hydrogens is 514 g/mol. The van der Waals surface area contributed by atoms with Crippen molar-refractivity contribution in [2.45, 2.75) is 4.90 Å². The minimum atomic E-state index is -4.17. The number of para-hydroxylation sites is 1. The van der Waals surface area contributed by atoms with Gasteiger partial charge in [-0.2, -0.15) is 5.10 Å². The van der Waals surface area contributed by atoms with E-state index < -0.39 is 28.4 Å². The molecule has 0 atom stereocenters. The molecule has 200 valence electrons. The lowest BCUT2D eigenvalue weighted by molar-refractivity contribution is -0.142. The summed E-state index contributed by atoms with van der Waals surface area (Å²) in [6.45, 7) is -0.794. The van der Waals surface area contributed by atoms with Crippen LogP contribution in [0.3, 0.4) is 0 Å². The summed E-state index contributed by atoms with van der Waals surface area (Å²) in [7, 11) is -0.0734. The van der Waals surface area contributed by atoms with Crippen LogP contribution in [-0.2, 0) is 24.3 Å². The molecule has 0 saturated heterocycles. The van der Waals surface area contributed by atoms with Crippen molar-refractivity contribution in [3.05, 3.63) is 78.4 Å². The number of carbonyl (C=O) groups is 2. The fourth-order valence-electron chi connectivity index (χ4n) is 3.24. The molecule has 0 aliphatic heterocycles. The summed E-state index contributed by atoms with van der Waals surface area (Å²) >= 11 is 0. The molecule has 0 aliphatic rings. The lowest BCUT2D eigenvalue weighted by Gasteiger charge is -2.24. The van der Waals surface area contributed by atoms with Crippen LogP contribution in [0.2, 0.25) is 0 Å². The number of sulfonamides is 1. The Labute approximate surface area is 220 Å². The molecule has 0 saturated carbocycles. The van der Waals surface area contributed by atoms with E-state index in [-0.39, 0.29) is 22.9 Å². The highest BCUT2D eigenvalue weighted by molar-refractivity contribution is 7.92. The Hall–Kier alpha value is -4.58. The Kier molecular flexibility index (Phi) is 9.66. The number of esters is 1. The SMILES string of the molecule is COC(=O)COc1cccc(/C=N\NC(=O)CN(c2ccccc2)S(=O)(=O)c2ccc(OC)c(OC)c2)c1. The summed E-state index contributed by atoms with van der Waals surface area (Å²) in [6, 6.07) is 19.0. The number of hydrazone groups is 1. The highest BCUT2D eigenvalue weighted by Crippen LogP contribution is 2.32. The van der Waals surface area contributed by atoms with Crippen LogP contribution in [0.25, 0.3) is 0 Å². The summed E-state index contributed by atoms with van der Waals surface area (Å²) < 4.78 is 48.4. The van der Waals surface area contributed by atoms with Crippen LogP contribution in [0, 0.1) is 0 Å². The van der Waals surface area contributed by atoms with E-state index >= 15 is 0 Å². The number of ether oxygens (including phenoxy) is 4. The second-order valence-corrected chi connectivity index (χ2v) is 9.46. The van der Waals surface area contributed by atoms with Gasteiger partial charge in [-0.05, 0) is 42.0 Å². The van der Waals surface area contributed by atoms with Crippen LogP contribution < -0.4 is 23.9 Å². The summed E-state index contributed by atoms with van der Waals surface area (Å²) in [5.41, 5.74) is 3.20. The van der Waals surface area contributed by atoms with Gasteiger partial charge in [0.1, 0.15) is 12.3 Å². The van der Waals surface area contributed by atoms with Crippen LogP contribution in [-0.4, -0.2) is 61.0 Å². The molecule has 12 heteroatoms. The maximum absolute atomic E-state index is 13.6. The smallest absolute Gasteiger partial charge is 0.343 e. The van der Waals surface area contributed by atoms with Gasteiger partial charge in [0.05, 0.1) is 38.1 Å². The minimum absolute atomic E-state index is 0.0842.